The van der Waals surface area contributed by atoms with E-state index in [1.165, 1.54) is 17.7 Å². The zero-order valence-electron chi connectivity index (χ0n) is 15.7. The van der Waals surface area contributed by atoms with Gasteiger partial charge in [-0.2, -0.15) is 0 Å². The Hall–Kier alpha value is -1.44. The second kappa shape index (κ2) is 9.48. The Labute approximate surface area is 160 Å². The highest BCUT2D eigenvalue weighted by molar-refractivity contribution is 7.09. The van der Waals surface area contributed by atoms with Gasteiger partial charge in [0.05, 0.1) is 12.5 Å². The summed E-state index contributed by atoms with van der Waals surface area (Å²) < 4.78 is 0. The van der Waals surface area contributed by atoms with Crippen LogP contribution in [0.4, 0.5) is 0 Å². The Kier molecular flexibility index (Phi) is 7.05. The fraction of sp³-hybridized carbons (Fsp3) is 0.684. The minimum atomic E-state index is -0.362. The number of carbonyl (C=O) groups is 2. The molecule has 3 heterocycles. The molecule has 0 saturated carbocycles. The van der Waals surface area contributed by atoms with Crippen LogP contribution in [-0.2, 0) is 16.1 Å². The Morgan fingerprint density at radius 1 is 1.35 bits per heavy atom. The molecule has 0 spiro atoms. The van der Waals surface area contributed by atoms with Crippen LogP contribution >= 0.6 is 11.3 Å². The molecule has 1 aromatic heterocycles. The number of thiophene rings is 1. The summed E-state index contributed by atoms with van der Waals surface area (Å²) >= 11 is 1.70. The average molecular weight is 379 g/mol. The summed E-state index contributed by atoms with van der Waals surface area (Å²) in [5, 5.41) is 4.98. The van der Waals surface area contributed by atoms with E-state index in [4.69, 9.17) is 0 Å². The van der Waals surface area contributed by atoms with E-state index < -0.39 is 0 Å². The maximum atomic E-state index is 12.8. The van der Waals surface area contributed by atoms with E-state index in [0.717, 1.165) is 39.3 Å². The van der Waals surface area contributed by atoms with Gasteiger partial charge in [0.1, 0.15) is 0 Å². The molecule has 2 amide bonds. The normalized spacial score (nSPS) is 21.7. The number of rotatable bonds is 8. The number of piperazine rings is 1. The molecule has 0 radical (unpaired) electrons. The molecule has 0 aliphatic carbocycles. The second-order valence-corrected chi connectivity index (χ2v) is 8.12. The highest BCUT2D eigenvalue weighted by atomic mass is 32.1. The molecule has 2 saturated heterocycles. The van der Waals surface area contributed by atoms with Gasteiger partial charge in [-0.15, -0.1) is 11.3 Å². The lowest BCUT2D eigenvalue weighted by molar-refractivity contribution is -0.139. The number of nitrogens with zero attached hydrogens (tertiary/aromatic N) is 3. The minimum absolute atomic E-state index is 0.0169. The lowest BCUT2D eigenvalue weighted by Gasteiger charge is -2.35. The van der Waals surface area contributed by atoms with Crippen molar-refractivity contribution in [1.82, 2.24) is 20.0 Å². The van der Waals surface area contributed by atoms with Crippen molar-refractivity contribution in [3.05, 3.63) is 22.4 Å². The average Bonchev–Trinajstić information content (AvgIpc) is 3.32. The van der Waals surface area contributed by atoms with Crippen molar-refractivity contribution in [2.75, 3.05) is 45.8 Å². The highest BCUT2D eigenvalue weighted by Gasteiger charge is 2.33. The molecule has 1 unspecified atom stereocenters. The highest BCUT2D eigenvalue weighted by Crippen LogP contribution is 2.18. The minimum Gasteiger partial charge on any atom is -0.353 e. The van der Waals surface area contributed by atoms with E-state index in [2.05, 4.69) is 26.6 Å². The van der Waals surface area contributed by atoms with Crippen molar-refractivity contribution in [2.45, 2.75) is 38.8 Å². The molecule has 1 aromatic rings. The van der Waals surface area contributed by atoms with Crippen LogP contribution in [0, 0.1) is 0 Å². The summed E-state index contributed by atoms with van der Waals surface area (Å²) in [5.41, 5.74) is 0. The largest absolute Gasteiger partial charge is 0.353 e. The lowest BCUT2D eigenvalue weighted by Crippen LogP contribution is -2.56. The van der Waals surface area contributed by atoms with Crippen molar-refractivity contribution in [2.24, 2.45) is 0 Å². The van der Waals surface area contributed by atoms with Crippen molar-refractivity contribution in [3.63, 3.8) is 0 Å². The molecule has 2 fully saturated rings. The van der Waals surface area contributed by atoms with Crippen LogP contribution in [-0.4, -0.2) is 78.4 Å². The van der Waals surface area contributed by atoms with Gasteiger partial charge < -0.3 is 15.1 Å². The molecule has 26 heavy (non-hydrogen) atoms. The number of nitrogens with one attached hydrogen (secondary N) is 1. The summed E-state index contributed by atoms with van der Waals surface area (Å²) in [4.78, 5) is 33.0. The first-order chi connectivity index (χ1) is 12.7. The van der Waals surface area contributed by atoms with E-state index in [1.54, 1.807) is 11.3 Å². The Morgan fingerprint density at radius 3 is 2.85 bits per heavy atom. The summed E-state index contributed by atoms with van der Waals surface area (Å²) in [7, 11) is 0. The quantitative estimate of drug-likeness (QED) is 0.743. The SMILES string of the molecule is CCN(CCN1CCCC1)C(=O)CC1C(=O)NCCN1Cc1cccs1. The van der Waals surface area contributed by atoms with Crippen LogP contribution in [0.2, 0.25) is 0 Å². The predicted molar refractivity (Wildman–Crippen MR) is 104 cm³/mol. The smallest absolute Gasteiger partial charge is 0.237 e. The second-order valence-electron chi connectivity index (χ2n) is 7.08. The van der Waals surface area contributed by atoms with Gasteiger partial charge in [0.15, 0.2) is 0 Å². The van der Waals surface area contributed by atoms with Crippen molar-refractivity contribution < 1.29 is 9.59 Å². The molecule has 144 valence electrons. The van der Waals surface area contributed by atoms with Crippen LogP contribution in [0.5, 0.6) is 0 Å². The number of likely N-dealkylation sites (tertiary alicyclic amines) is 1. The van der Waals surface area contributed by atoms with Gasteiger partial charge in [-0.3, -0.25) is 14.5 Å². The molecule has 1 atom stereocenters. The van der Waals surface area contributed by atoms with E-state index >= 15 is 0 Å². The van der Waals surface area contributed by atoms with Crippen LogP contribution in [0.25, 0.3) is 0 Å². The third-order valence-corrected chi connectivity index (χ3v) is 6.23. The van der Waals surface area contributed by atoms with Crippen LogP contribution in [0.1, 0.15) is 31.1 Å². The zero-order chi connectivity index (χ0) is 18.4. The molecule has 2 aliphatic rings. The van der Waals surface area contributed by atoms with E-state index in [-0.39, 0.29) is 24.3 Å². The van der Waals surface area contributed by atoms with E-state index in [1.807, 2.05) is 17.9 Å². The number of hydrogen-bond acceptors (Lipinski definition) is 5. The maximum absolute atomic E-state index is 12.8. The monoisotopic (exact) mass is 378 g/mol. The van der Waals surface area contributed by atoms with Gasteiger partial charge in [-0.25, -0.2) is 0 Å². The van der Waals surface area contributed by atoms with E-state index in [9.17, 15) is 9.59 Å². The molecular formula is C19H30N4O2S. The Bertz CT molecular complexity index is 586. The summed E-state index contributed by atoms with van der Waals surface area (Å²) in [5.74, 6) is 0.0710. The van der Waals surface area contributed by atoms with Gasteiger partial charge in [0.2, 0.25) is 11.8 Å². The van der Waals surface area contributed by atoms with E-state index in [0.29, 0.717) is 13.1 Å². The number of carbonyl (C=O) groups excluding carboxylic acids is 2. The fourth-order valence-corrected chi connectivity index (χ4v) is 4.53. The maximum Gasteiger partial charge on any atom is 0.237 e. The first-order valence-electron chi connectivity index (χ1n) is 9.71. The van der Waals surface area contributed by atoms with Gasteiger partial charge in [0, 0.05) is 44.1 Å². The third kappa shape index (κ3) is 5.05. The van der Waals surface area contributed by atoms with Gasteiger partial charge in [-0.1, -0.05) is 6.07 Å². The molecule has 6 nitrogen and oxygen atoms in total. The molecule has 7 heteroatoms. The molecular weight excluding hydrogens is 348 g/mol. The summed E-state index contributed by atoms with van der Waals surface area (Å²) in [6.07, 6.45) is 2.80. The van der Waals surface area contributed by atoms with Gasteiger partial charge in [0.25, 0.3) is 0 Å². The van der Waals surface area contributed by atoms with Crippen LogP contribution in [0.3, 0.4) is 0 Å². The molecule has 0 bridgehead atoms. The summed E-state index contributed by atoms with van der Waals surface area (Å²) in [6.45, 7) is 8.89. The first-order valence-corrected chi connectivity index (χ1v) is 10.6. The topological polar surface area (TPSA) is 55.9 Å². The zero-order valence-corrected chi connectivity index (χ0v) is 16.5. The lowest BCUT2D eigenvalue weighted by atomic mass is 10.1. The molecule has 0 aromatic carbocycles. The van der Waals surface area contributed by atoms with Crippen molar-refractivity contribution in [3.8, 4) is 0 Å². The molecule has 2 aliphatic heterocycles. The molecule has 3 rings (SSSR count). The van der Waals surface area contributed by atoms with Crippen molar-refractivity contribution >= 4 is 23.2 Å². The standard InChI is InChI=1S/C19H30N4O2S/c1-2-22(12-11-21-8-3-4-9-21)18(24)14-17-19(25)20-7-10-23(17)15-16-6-5-13-26-16/h5-6,13,17H,2-4,7-12,14-15H2,1H3,(H,20,25). The molecule has 1 N–H and O–H groups in total. The van der Waals surface area contributed by atoms with Crippen LogP contribution < -0.4 is 5.32 Å². The van der Waals surface area contributed by atoms with Gasteiger partial charge in [-0.05, 0) is 44.3 Å². The van der Waals surface area contributed by atoms with Crippen LogP contribution in [0.15, 0.2) is 17.5 Å². The Balaban J connectivity index is 1.57. The van der Waals surface area contributed by atoms with Gasteiger partial charge >= 0.3 is 0 Å². The number of likely N-dealkylation sites (N-methyl/N-ethyl adjacent to an activating group) is 1. The Morgan fingerprint density at radius 2 is 2.15 bits per heavy atom. The first kappa shape index (κ1) is 19.3. The third-order valence-electron chi connectivity index (χ3n) is 5.37. The fourth-order valence-electron chi connectivity index (χ4n) is 3.80. The summed E-state index contributed by atoms with van der Waals surface area (Å²) in [6, 6.07) is 3.76. The number of hydrogen-bond donors (Lipinski definition) is 1. The number of amides is 2. The predicted octanol–water partition coefficient (Wildman–Crippen LogP) is 1.38. The van der Waals surface area contributed by atoms with Crippen molar-refractivity contribution in [1.29, 1.82) is 0 Å².